The molecule has 0 aromatic carbocycles. The summed E-state index contributed by atoms with van der Waals surface area (Å²) in [4.78, 5) is 22.9. The summed E-state index contributed by atoms with van der Waals surface area (Å²) in [6.45, 7) is 4.84. The van der Waals surface area contributed by atoms with Crippen LogP contribution in [0.25, 0.3) is 0 Å². The van der Waals surface area contributed by atoms with E-state index in [1.165, 1.54) is 96.3 Å². The Morgan fingerprint density at radius 3 is 1.56 bits per heavy atom. The highest BCUT2D eigenvalue weighted by Gasteiger charge is 2.28. The first-order valence-corrected chi connectivity index (χ1v) is 19.4. The van der Waals surface area contributed by atoms with E-state index < -0.39 is 20.0 Å². The van der Waals surface area contributed by atoms with Crippen molar-refractivity contribution in [3.8, 4) is 0 Å². The number of phosphoric ester groups is 1. The number of phosphoric acid groups is 1. The molecule has 3 atom stereocenters. The van der Waals surface area contributed by atoms with Crippen LogP contribution in [0.2, 0.25) is 0 Å². The number of nitrogens with zero attached hydrogens (tertiary/aromatic N) is 1. The molecule has 0 spiro atoms. The maximum absolute atomic E-state index is 12.7. The zero-order chi connectivity index (χ0) is 32.2. The van der Waals surface area contributed by atoms with Gasteiger partial charge in [-0.15, -0.1) is 0 Å². The van der Waals surface area contributed by atoms with Gasteiger partial charge in [-0.2, -0.15) is 0 Å². The molecule has 1 unspecified atom stereocenters. The molecular formula is C34H72N2O6P+. The first-order valence-electron chi connectivity index (χ1n) is 17.9. The number of nitrogens with one attached hydrogen (secondary N) is 1. The molecule has 0 aliphatic carbocycles. The van der Waals surface area contributed by atoms with Crippen molar-refractivity contribution in [2.24, 2.45) is 0 Å². The third-order valence-corrected chi connectivity index (χ3v) is 9.09. The van der Waals surface area contributed by atoms with E-state index in [1.807, 2.05) is 21.1 Å². The molecular weight excluding hydrogens is 563 g/mol. The molecule has 0 bridgehead atoms. The maximum atomic E-state index is 12.7. The Bertz CT molecular complexity index is 688. The zero-order valence-electron chi connectivity index (χ0n) is 29.0. The third kappa shape index (κ3) is 29.9. The van der Waals surface area contributed by atoms with Crippen molar-refractivity contribution >= 4 is 13.7 Å². The fraction of sp³-hybridized carbons (Fsp3) is 0.971. The summed E-state index contributed by atoms with van der Waals surface area (Å²) >= 11 is 0. The SMILES string of the molecule is CCCCCCCCCCCCCC[C@@H](O)[C@H](COP(=O)(O)OCC[N+](C)(C)C)NC(=O)CCCCCCCCCCC. The molecule has 3 N–H and O–H groups in total. The standard InChI is InChI=1S/C34H71N2O6P/c1-6-8-10-12-14-16-17-18-20-21-23-25-27-33(37)32(31-42-43(39,40)41-30-29-36(3,4)5)35-34(38)28-26-24-22-19-15-13-11-9-7-2/h32-33,37H,6-31H2,1-5H3,(H-,35,38,39,40)/p+1/t32-,33+/m0/s1. The Kier molecular flexibility index (Phi) is 27.5. The highest BCUT2D eigenvalue weighted by molar-refractivity contribution is 7.47. The lowest BCUT2D eigenvalue weighted by molar-refractivity contribution is -0.870. The van der Waals surface area contributed by atoms with Crippen LogP contribution >= 0.6 is 7.82 Å². The highest BCUT2D eigenvalue weighted by Crippen LogP contribution is 2.43. The van der Waals surface area contributed by atoms with Crippen molar-refractivity contribution in [3.63, 3.8) is 0 Å². The average Bonchev–Trinajstić information content (AvgIpc) is 2.94. The van der Waals surface area contributed by atoms with Crippen LogP contribution in [0, 0.1) is 0 Å². The van der Waals surface area contributed by atoms with Crippen molar-refractivity contribution in [1.29, 1.82) is 0 Å². The first kappa shape index (κ1) is 42.5. The number of carbonyl (C=O) groups is 1. The molecule has 0 rings (SSSR count). The molecule has 0 fully saturated rings. The molecule has 9 heteroatoms. The molecule has 0 aromatic rings. The first-order chi connectivity index (χ1) is 20.5. The van der Waals surface area contributed by atoms with Gasteiger partial charge in [0.2, 0.25) is 5.91 Å². The maximum Gasteiger partial charge on any atom is 0.472 e. The number of rotatable bonds is 32. The second-order valence-electron chi connectivity index (χ2n) is 13.6. The minimum atomic E-state index is -4.29. The van der Waals surface area contributed by atoms with Gasteiger partial charge in [-0.05, 0) is 12.8 Å². The molecule has 1 amide bonds. The Hall–Kier alpha value is -0.500. The number of carbonyl (C=O) groups excluding carboxylic acids is 1. The molecule has 0 saturated heterocycles. The normalized spacial score (nSPS) is 14.9. The molecule has 43 heavy (non-hydrogen) atoms. The lowest BCUT2D eigenvalue weighted by Crippen LogP contribution is -2.46. The quantitative estimate of drug-likeness (QED) is 0.0388. The summed E-state index contributed by atoms with van der Waals surface area (Å²) in [6.07, 6.45) is 25.5. The largest absolute Gasteiger partial charge is 0.472 e. The predicted octanol–water partition coefficient (Wildman–Crippen LogP) is 8.68. The van der Waals surface area contributed by atoms with Gasteiger partial charge in [0.05, 0.1) is 39.9 Å². The van der Waals surface area contributed by atoms with Crippen LogP contribution in [-0.4, -0.2) is 73.4 Å². The summed E-state index contributed by atoms with van der Waals surface area (Å²) in [5.74, 6) is -0.149. The summed E-state index contributed by atoms with van der Waals surface area (Å²) in [5, 5.41) is 13.8. The van der Waals surface area contributed by atoms with E-state index in [1.54, 1.807) is 0 Å². The van der Waals surface area contributed by atoms with Gasteiger partial charge in [-0.1, -0.05) is 142 Å². The minimum Gasteiger partial charge on any atom is -0.391 e. The van der Waals surface area contributed by atoms with Crippen LogP contribution in [0.5, 0.6) is 0 Å². The second-order valence-corrected chi connectivity index (χ2v) is 15.1. The van der Waals surface area contributed by atoms with Crippen molar-refractivity contribution in [1.82, 2.24) is 5.32 Å². The molecule has 8 nitrogen and oxygen atoms in total. The average molecular weight is 636 g/mol. The highest BCUT2D eigenvalue weighted by atomic mass is 31.2. The van der Waals surface area contributed by atoms with Crippen LogP contribution in [0.15, 0.2) is 0 Å². The number of likely N-dealkylation sites (N-methyl/N-ethyl adjacent to an activating group) is 1. The van der Waals surface area contributed by atoms with Gasteiger partial charge in [-0.25, -0.2) is 4.57 Å². The lowest BCUT2D eigenvalue weighted by atomic mass is 10.0. The number of aliphatic hydroxyl groups is 1. The predicted molar refractivity (Wildman–Crippen MR) is 180 cm³/mol. The molecule has 258 valence electrons. The van der Waals surface area contributed by atoms with Gasteiger partial charge in [0.25, 0.3) is 0 Å². The smallest absolute Gasteiger partial charge is 0.391 e. The van der Waals surface area contributed by atoms with E-state index >= 15 is 0 Å². The van der Waals surface area contributed by atoms with Crippen LogP contribution < -0.4 is 5.32 Å². The van der Waals surface area contributed by atoms with E-state index in [0.717, 1.165) is 38.5 Å². The molecule has 0 aliphatic heterocycles. The summed E-state index contributed by atoms with van der Waals surface area (Å²) in [6, 6.07) is -0.749. The number of hydrogen-bond donors (Lipinski definition) is 3. The van der Waals surface area contributed by atoms with Crippen LogP contribution in [0.1, 0.15) is 162 Å². The van der Waals surface area contributed by atoms with Crippen LogP contribution in [0.3, 0.4) is 0 Å². The van der Waals surface area contributed by atoms with E-state index in [0.29, 0.717) is 23.9 Å². The second kappa shape index (κ2) is 27.8. The number of quaternary nitrogens is 1. The van der Waals surface area contributed by atoms with Crippen LogP contribution in [-0.2, 0) is 18.4 Å². The molecule has 0 heterocycles. The van der Waals surface area contributed by atoms with Gasteiger partial charge >= 0.3 is 7.82 Å². The van der Waals surface area contributed by atoms with Crippen molar-refractivity contribution in [2.75, 3.05) is 40.9 Å². The van der Waals surface area contributed by atoms with E-state index in [9.17, 15) is 19.4 Å². The molecule has 0 saturated carbocycles. The Balaban J connectivity index is 4.50. The van der Waals surface area contributed by atoms with Crippen molar-refractivity contribution in [2.45, 2.75) is 174 Å². The topological polar surface area (TPSA) is 105 Å². The fourth-order valence-electron chi connectivity index (χ4n) is 5.16. The van der Waals surface area contributed by atoms with Gasteiger partial charge in [0, 0.05) is 6.42 Å². The van der Waals surface area contributed by atoms with Crippen molar-refractivity contribution in [3.05, 3.63) is 0 Å². The summed E-state index contributed by atoms with van der Waals surface area (Å²) in [7, 11) is 1.62. The number of aliphatic hydroxyl groups excluding tert-OH is 1. The number of amides is 1. The molecule has 0 radical (unpaired) electrons. The van der Waals surface area contributed by atoms with Gasteiger partial charge < -0.3 is 19.8 Å². The summed E-state index contributed by atoms with van der Waals surface area (Å²) < 4.78 is 23.4. The lowest BCUT2D eigenvalue weighted by Gasteiger charge is -2.26. The minimum absolute atomic E-state index is 0.0777. The van der Waals surface area contributed by atoms with E-state index in [4.69, 9.17) is 9.05 Å². The Morgan fingerprint density at radius 1 is 0.698 bits per heavy atom. The van der Waals surface area contributed by atoms with Gasteiger partial charge in [-0.3, -0.25) is 13.8 Å². The van der Waals surface area contributed by atoms with E-state index in [2.05, 4.69) is 19.2 Å². The zero-order valence-corrected chi connectivity index (χ0v) is 29.9. The fourth-order valence-corrected chi connectivity index (χ4v) is 5.90. The Morgan fingerprint density at radius 2 is 1.12 bits per heavy atom. The Labute approximate surface area is 266 Å². The van der Waals surface area contributed by atoms with Crippen LogP contribution in [0.4, 0.5) is 0 Å². The number of unbranched alkanes of at least 4 members (excludes halogenated alkanes) is 19. The molecule has 0 aromatic heterocycles. The third-order valence-electron chi connectivity index (χ3n) is 8.11. The summed E-state index contributed by atoms with van der Waals surface area (Å²) in [5.41, 5.74) is 0. The number of hydrogen-bond acceptors (Lipinski definition) is 5. The van der Waals surface area contributed by atoms with E-state index in [-0.39, 0.29) is 19.1 Å². The van der Waals surface area contributed by atoms with Gasteiger partial charge in [0.1, 0.15) is 13.2 Å². The monoisotopic (exact) mass is 636 g/mol. The van der Waals surface area contributed by atoms with Gasteiger partial charge in [0.15, 0.2) is 0 Å². The molecule has 0 aliphatic rings. The van der Waals surface area contributed by atoms with Crippen molar-refractivity contribution < 1.29 is 32.9 Å².